The van der Waals surface area contributed by atoms with E-state index in [0.29, 0.717) is 12.2 Å². The molecule has 0 heterocycles. The molecule has 8 nitrogen and oxygen atoms in total. The van der Waals surface area contributed by atoms with Crippen molar-refractivity contribution in [1.29, 1.82) is 0 Å². The van der Waals surface area contributed by atoms with Crippen LogP contribution in [0, 0.1) is 0 Å². The Kier molecular flexibility index (Phi) is 8.26. The van der Waals surface area contributed by atoms with Crippen molar-refractivity contribution < 1.29 is 38.7 Å². The summed E-state index contributed by atoms with van der Waals surface area (Å²) in [5.74, 6) is -4.29. The van der Waals surface area contributed by atoms with Gasteiger partial charge in [-0.25, -0.2) is 38.7 Å². The van der Waals surface area contributed by atoms with Crippen molar-refractivity contribution in [2.45, 2.75) is 6.92 Å². The topological polar surface area (TPSA) is 105 Å². The molecule has 112 valence electrons. The molecule has 0 aliphatic heterocycles. The van der Waals surface area contributed by atoms with Crippen molar-refractivity contribution >= 4 is 23.9 Å². The SMILES string of the molecule is C=CC(=O)OOC(=O)/C=C/C(=O)OOC(=O)C(=C)/C=C/C. The van der Waals surface area contributed by atoms with Crippen LogP contribution in [0.1, 0.15) is 6.92 Å². The second-order valence-corrected chi connectivity index (χ2v) is 3.14. The molecule has 0 saturated carbocycles. The molecule has 0 amide bonds. The van der Waals surface area contributed by atoms with Crippen molar-refractivity contribution in [3.8, 4) is 0 Å². The summed E-state index contributed by atoms with van der Waals surface area (Å²) in [4.78, 5) is 59.8. The number of carbonyl (C=O) groups is 4. The first-order chi connectivity index (χ1) is 9.90. The van der Waals surface area contributed by atoms with E-state index in [1.54, 1.807) is 6.92 Å². The molecule has 0 aromatic rings. The average molecular weight is 296 g/mol. The average Bonchev–Trinajstić information content (AvgIpc) is 2.48. The molecule has 0 atom stereocenters. The molecule has 0 aromatic carbocycles. The first-order valence-corrected chi connectivity index (χ1v) is 5.38. The van der Waals surface area contributed by atoms with Gasteiger partial charge in [0.25, 0.3) is 0 Å². The first kappa shape index (κ1) is 17.8. The zero-order valence-electron chi connectivity index (χ0n) is 11.1. The van der Waals surface area contributed by atoms with Crippen molar-refractivity contribution in [2.75, 3.05) is 0 Å². The third kappa shape index (κ3) is 8.54. The molecule has 8 heteroatoms. The Bertz CT molecular complexity index is 512. The van der Waals surface area contributed by atoms with Crippen LogP contribution in [0.15, 0.2) is 49.1 Å². The lowest BCUT2D eigenvalue weighted by atomic mass is 10.3. The van der Waals surface area contributed by atoms with Gasteiger partial charge in [-0.3, -0.25) is 0 Å². The van der Waals surface area contributed by atoms with Gasteiger partial charge in [0.1, 0.15) is 0 Å². The molecule has 0 saturated heterocycles. The summed E-state index contributed by atoms with van der Waals surface area (Å²) in [6.07, 6.45) is 4.83. The van der Waals surface area contributed by atoms with Crippen molar-refractivity contribution in [1.82, 2.24) is 0 Å². The largest absolute Gasteiger partial charge is 0.385 e. The molecule has 0 radical (unpaired) electrons. The molecule has 0 unspecified atom stereocenters. The van der Waals surface area contributed by atoms with Crippen LogP contribution >= 0.6 is 0 Å². The fraction of sp³-hybridized carbons (Fsp3) is 0.0769. The zero-order valence-corrected chi connectivity index (χ0v) is 11.1. The first-order valence-electron chi connectivity index (χ1n) is 5.38. The summed E-state index contributed by atoms with van der Waals surface area (Å²) in [6, 6.07) is 0. The van der Waals surface area contributed by atoms with E-state index in [1.165, 1.54) is 12.2 Å². The van der Waals surface area contributed by atoms with Gasteiger partial charge in [0.2, 0.25) is 0 Å². The smallest absolute Gasteiger partial charge is 0.242 e. The molecule has 0 spiro atoms. The maximum Gasteiger partial charge on any atom is 0.385 e. The molecule has 21 heavy (non-hydrogen) atoms. The van der Waals surface area contributed by atoms with Gasteiger partial charge in [0.15, 0.2) is 0 Å². The van der Waals surface area contributed by atoms with Crippen LogP contribution in [0.2, 0.25) is 0 Å². The van der Waals surface area contributed by atoms with Gasteiger partial charge in [-0.15, -0.1) is 0 Å². The van der Waals surface area contributed by atoms with E-state index in [9.17, 15) is 19.2 Å². The summed E-state index contributed by atoms with van der Waals surface area (Å²) < 4.78 is 0. The van der Waals surface area contributed by atoms with Gasteiger partial charge in [-0.1, -0.05) is 25.3 Å². The van der Waals surface area contributed by atoms with E-state index >= 15 is 0 Å². The van der Waals surface area contributed by atoms with E-state index in [0.717, 1.165) is 6.08 Å². The number of rotatable bonds is 5. The molecule has 0 aromatic heterocycles. The second kappa shape index (κ2) is 9.73. The highest BCUT2D eigenvalue weighted by Crippen LogP contribution is 1.98. The predicted octanol–water partition coefficient (Wildman–Crippen LogP) is 0.864. The standard InChI is InChI=1S/C13H12O8/c1-4-6-9(3)13(17)21-20-12(16)8-7-11(15)19-18-10(14)5-2/h4-8H,2-3H2,1H3/b6-4+,8-7+. The van der Waals surface area contributed by atoms with Crippen molar-refractivity contribution in [3.63, 3.8) is 0 Å². The van der Waals surface area contributed by atoms with Crippen LogP contribution in [0.3, 0.4) is 0 Å². The van der Waals surface area contributed by atoms with E-state index in [4.69, 9.17) is 0 Å². The van der Waals surface area contributed by atoms with Gasteiger partial charge in [0.05, 0.1) is 5.57 Å². The molecule has 0 bridgehead atoms. The number of allylic oxidation sites excluding steroid dienone is 1. The lowest BCUT2D eigenvalue weighted by Crippen LogP contribution is -2.11. The van der Waals surface area contributed by atoms with Gasteiger partial charge in [-0.05, 0) is 6.92 Å². The molecule has 0 aliphatic carbocycles. The molecular weight excluding hydrogens is 284 g/mol. The number of hydrogen-bond donors (Lipinski definition) is 0. The maximum atomic E-state index is 11.2. The Balaban J connectivity index is 4.14. The lowest BCUT2D eigenvalue weighted by Gasteiger charge is -2.00. The van der Waals surface area contributed by atoms with Crippen LogP contribution in [0.5, 0.6) is 0 Å². The summed E-state index contributed by atoms with van der Waals surface area (Å²) in [6.45, 7) is 8.06. The Morgan fingerprint density at radius 2 is 1.29 bits per heavy atom. The van der Waals surface area contributed by atoms with Crippen molar-refractivity contribution in [2.24, 2.45) is 0 Å². The fourth-order valence-electron chi connectivity index (χ4n) is 0.709. The highest BCUT2D eigenvalue weighted by Gasteiger charge is 2.10. The fourth-order valence-corrected chi connectivity index (χ4v) is 0.709. The normalized spacial score (nSPS) is 9.95. The van der Waals surface area contributed by atoms with Crippen LogP contribution < -0.4 is 0 Å². The molecular formula is C13H12O8. The Morgan fingerprint density at radius 3 is 1.76 bits per heavy atom. The lowest BCUT2D eigenvalue weighted by molar-refractivity contribution is -0.252. The second-order valence-electron chi connectivity index (χ2n) is 3.14. The third-order valence-electron chi connectivity index (χ3n) is 1.56. The molecule has 0 rings (SSSR count). The Hall–Kier alpha value is -3.16. The van der Waals surface area contributed by atoms with Gasteiger partial charge < -0.3 is 0 Å². The minimum atomic E-state index is -1.16. The third-order valence-corrected chi connectivity index (χ3v) is 1.56. The highest BCUT2D eigenvalue weighted by molar-refractivity contribution is 5.93. The molecule has 0 aliphatic rings. The van der Waals surface area contributed by atoms with Crippen LogP contribution in [0.4, 0.5) is 0 Å². The quantitative estimate of drug-likeness (QED) is 0.318. The number of carbonyl (C=O) groups excluding carboxylic acids is 4. The van der Waals surface area contributed by atoms with Crippen LogP contribution in [-0.2, 0) is 38.7 Å². The summed E-state index contributed by atoms with van der Waals surface area (Å²) in [5.41, 5.74) is -0.0370. The van der Waals surface area contributed by atoms with E-state index in [-0.39, 0.29) is 5.57 Å². The maximum absolute atomic E-state index is 11.2. The summed E-state index contributed by atoms with van der Waals surface area (Å²) in [7, 11) is 0. The molecule has 0 N–H and O–H groups in total. The predicted molar refractivity (Wildman–Crippen MR) is 67.7 cm³/mol. The van der Waals surface area contributed by atoms with Gasteiger partial charge in [-0.2, -0.15) is 0 Å². The van der Waals surface area contributed by atoms with Gasteiger partial charge >= 0.3 is 23.9 Å². The van der Waals surface area contributed by atoms with E-state index < -0.39 is 23.9 Å². The van der Waals surface area contributed by atoms with E-state index in [1.807, 2.05) is 0 Å². The minimum absolute atomic E-state index is 0.0370. The summed E-state index contributed by atoms with van der Waals surface area (Å²) >= 11 is 0. The highest BCUT2D eigenvalue weighted by atomic mass is 17.2. The Morgan fingerprint density at radius 1 is 0.810 bits per heavy atom. The zero-order chi connectivity index (χ0) is 16.3. The van der Waals surface area contributed by atoms with Crippen molar-refractivity contribution in [3.05, 3.63) is 49.1 Å². The van der Waals surface area contributed by atoms with Crippen LogP contribution in [-0.4, -0.2) is 23.9 Å². The van der Waals surface area contributed by atoms with Gasteiger partial charge in [0, 0.05) is 18.2 Å². The Labute approximate surface area is 119 Å². The van der Waals surface area contributed by atoms with E-state index in [2.05, 4.69) is 32.7 Å². The monoisotopic (exact) mass is 296 g/mol. The molecule has 0 fully saturated rings. The summed E-state index contributed by atoms with van der Waals surface area (Å²) in [5, 5.41) is 0. The minimum Gasteiger partial charge on any atom is -0.242 e. The number of hydrogen-bond acceptors (Lipinski definition) is 8. The van der Waals surface area contributed by atoms with Crippen LogP contribution in [0.25, 0.3) is 0 Å².